The lowest BCUT2D eigenvalue weighted by atomic mass is 10.1. The third kappa shape index (κ3) is 5.53. The lowest BCUT2D eigenvalue weighted by Gasteiger charge is -2.10. The molecule has 0 aliphatic carbocycles. The van der Waals surface area contributed by atoms with Crippen LogP contribution in [0.3, 0.4) is 0 Å². The van der Waals surface area contributed by atoms with Gasteiger partial charge in [0.05, 0.1) is 10.6 Å². The maximum Gasteiger partial charge on any atom is 0.338 e. The average Bonchev–Trinajstić information content (AvgIpc) is 2.59. The van der Waals surface area contributed by atoms with Crippen LogP contribution < -0.4 is 10.0 Å². The molecule has 0 atom stereocenters. The molecule has 0 fully saturated rings. The van der Waals surface area contributed by atoms with E-state index in [-0.39, 0.29) is 15.5 Å². The van der Waals surface area contributed by atoms with Gasteiger partial charge in [0.1, 0.15) is 4.90 Å². The van der Waals surface area contributed by atoms with Crippen LogP contribution in [-0.4, -0.2) is 33.9 Å². The molecule has 0 aliphatic heterocycles. The number of ether oxygens (including phenoxy) is 1. The molecule has 2 N–H and O–H groups in total. The van der Waals surface area contributed by atoms with Gasteiger partial charge >= 0.3 is 5.97 Å². The van der Waals surface area contributed by atoms with E-state index < -0.39 is 28.5 Å². The second kappa shape index (κ2) is 8.51. The Hall–Kier alpha value is -2.42. The molecule has 0 heterocycles. The Morgan fingerprint density at radius 2 is 1.70 bits per heavy atom. The summed E-state index contributed by atoms with van der Waals surface area (Å²) in [5.74, 6) is -1.35. The number of amides is 1. The van der Waals surface area contributed by atoms with E-state index in [0.717, 1.165) is 17.2 Å². The fourth-order valence-corrected chi connectivity index (χ4v) is 3.65. The summed E-state index contributed by atoms with van der Waals surface area (Å²) in [6.07, 6.45) is 0. The molecule has 0 bridgehead atoms. The van der Waals surface area contributed by atoms with Gasteiger partial charge in [-0.1, -0.05) is 17.7 Å². The van der Waals surface area contributed by atoms with Crippen LogP contribution in [0, 0.1) is 13.8 Å². The summed E-state index contributed by atoms with van der Waals surface area (Å²) in [7, 11) is -2.60. The van der Waals surface area contributed by atoms with E-state index in [1.165, 1.54) is 19.2 Å². The van der Waals surface area contributed by atoms with E-state index in [1.54, 1.807) is 12.1 Å². The van der Waals surface area contributed by atoms with Gasteiger partial charge in [-0.3, -0.25) is 4.79 Å². The quantitative estimate of drug-likeness (QED) is 0.713. The largest absolute Gasteiger partial charge is 0.452 e. The molecular formula is C18H19ClN2O5S. The van der Waals surface area contributed by atoms with Crippen LogP contribution in [0.1, 0.15) is 21.5 Å². The molecule has 0 saturated carbocycles. The minimum absolute atomic E-state index is 0.0338. The highest BCUT2D eigenvalue weighted by atomic mass is 35.5. The molecule has 2 aromatic carbocycles. The highest BCUT2D eigenvalue weighted by Gasteiger charge is 2.19. The summed E-state index contributed by atoms with van der Waals surface area (Å²) in [5, 5.41) is 2.61. The van der Waals surface area contributed by atoms with E-state index >= 15 is 0 Å². The fourth-order valence-electron chi connectivity index (χ4n) is 2.40. The minimum atomic E-state index is -3.83. The minimum Gasteiger partial charge on any atom is -0.452 e. The van der Waals surface area contributed by atoms with Crippen molar-refractivity contribution in [3.8, 4) is 0 Å². The number of rotatable bonds is 6. The van der Waals surface area contributed by atoms with E-state index in [1.807, 2.05) is 19.9 Å². The smallest absolute Gasteiger partial charge is 0.338 e. The number of anilines is 1. The van der Waals surface area contributed by atoms with Gasteiger partial charge in [0.15, 0.2) is 6.61 Å². The van der Waals surface area contributed by atoms with Gasteiger partial charge in [0.2, 0.25) is 10.0 Å². The molecular weight excluding hydrogens is 392 g/mol. The number of carbonyl (C=O) groups excluding carboxylic acids is 2. The Morgan fingerprint density at radius 1 is 1.07 bits per heavy atom. The Morgan fingerprint density at radius 3 is 2.30 bits per heavy atom. The van der Waals surface area contributed by atoms with Crippen molar-refractivity contribution >= 4 is 39.2 Å². The Balaban J connectivity index is 2.05. The molecule has 0 unspecified atom stereocenters. The zero-order valence-electron chi connectivity index (χ0n) is 15.0. The second-order valence-electron chi connectivity index (χ2n) is 5.85. The van der Waals surface area contributed by atoms with Gasteiger partial charge in [0.25, 0.3) is 5.91 Å². The lowest BCUT2D eigenvalue weighted by Crippen LogP contribution is -2.22. The standard InChI is InChI=1S/C18H19ClN2O5S/c1-11-6-12(2)8-14(7-11)21-17(22)10-26-18(23)13-4-5-15(19)16(9-13)27(24,25)20-3/h4-9,20H,10H2,1-3H3,(H,21,22). The molecule has 2 aromatic rings. The van der Waals surface area contributed by atoms with Crippen molar-refractivity contribution in [2.24, 2.45) is 0 Å². The highest BCUT2D eigenvalue weighted by molar-refractivity contribution is 7.89. The maximum atomic E-state index is 12.1. The van der Waals surface area contributed by atoms with Crippen molar-refractivity contribution in [1.82, 2.24) is 4.72 Å². The third-order valence-corrected chi connectivity index (χ3v) is 5.46. The Kier molecular flexibility index (Phi) is 6.59. The fraction of sp³-hybridized carbons (Fsp3) is 0.222. The predicted molar refractivity (Wildman–Crippen MR) is 103 cm³/mol. The van der Waals surface area contributed by atoms with E-state index in [4.69, 9.17) is 16.3 Å². The average molecular weight is 411 g/mol. The first kappa shape index (κ1) is 20.9. The zero-order valence-corrected chi connectivity index (χ0v) is 16.6. The monoisotopic (exact) mass is 410 g/mol. The number of aryl methyl sites for hydroxylation is 2. The number of benzene rings is 2. The molecule has 9 heteroatoms. The number of hydrogen-bond acceptors (Lipinski definition) is 5. The van der Waals surface area contributed by atoms with Crippen molar-refractivity contribution < 1.29 is 22.7 Å². The molecule has 1 amide bonds. The van der Waals surface area contributed by atoms with Crippen LogP contribution in [-0.2, 0) is 19.6 Å². The van der Waals surface area contributed by atoms with Crippen molar-refractivity contribution in [3.05, 3.63) is 58.1 Å². The molecule has 0 radical (unpaired) electrons. The van der Waals surface area contributed by atoms with E-state index in [2.05, 4.69) is 10.0 Å². The number of nitrogens with one attached hydrogen (secondary N) is 2. The van der Waals surface area contributed by atoms with Gasteiger partial charge in [-0.2, -0.15) is 0 Å². The zero-order chi connectivity index (χ0) is 20.2. The summed E-state index contributed by atoms with van der Waals surface area (Å²) in [5.41, 5.74) is 2.54. The van der Waals surface area contributed by atoms with Crippen LogP contribution in [0.25, 0.3) is 0 Å². The van der Waals surface area contributed by atoms with Crippen LogP contribution in [0.2, 0.25) is 5.02 Å². The van der Waals surface area contributed by atoms with E-state index in [9.17, 15) is 18.0 Å². The number of sulfonamides is 1. The van der Waals surface area contributed by atoms with Gasteiger partial charge in [-0.25, -0.2) is 17.9 Å². The number of halogens is 1. The van der Waals surface area contributed by atoms with Crippen LogP contribution >= 0.6 is 11.6 Å². The van der Waals surface area contributed by atoms with Crippen molar-refractivity contribution in [2.45, 2.75) is 18.7 Å². The van der Waals surface area contributed by atoms with Gasteiger partial charge in [-0.05, 0) is 62.4 Å². The number of carbonyl (C=O) groups is 2. The van der Waals surface area contributed by atoms with Crippen molar-refractivity contribution in [3.63, 3.8) is 0 Å². The van der Waals surface area contributed by atoms with Crippen LogP contribution in [0.5, 0.6) is 0 Å². The molecule has 0 spiro atoms. The molecule has 144 valence electrons. The SMILES string of the molecule is CNS(=O)(=O)c1cc(C(=O)OCC(=O)Nc2cc(C)cc(C)c2)ccc1Cl. The molecule has 27 heavy (non-hydrogen) atoms. The number of esters is 1. The van der Waals surface area contributed by atoms with Crippen molar-refractivity contribution in [1.29, 1.82) is 0 Å². The normalized spacial score (nSPS) is 11.1. The third-order valence-electron chi connectivity index (χ3n) is 3.56. The molecule has 2 rings (SSSR count). The van der Waals surface area contributed by atoms with E-state index in [0.29, 0.717) is 5.69 Å². The Labute approximate surface area is 162 Å². The van der Waals surface area contributed by atoms with Crippen LogP contribution in [0.15, 0.2) is 41.3 Å². The lowest BCUT2D eigenvalue weighted by molar-refractivity contribution is -0.119. The first-order valence-corrected chi connectivity index (χ1v) is 9.77. The second-order valence-corrected chi connectivity index (χ2v) is 8.12. The molecule has 0 aliphatic rings. The maximum absolute atomic E-state index is 12.1. The summed E-state index contributed by atoms with van der Waals surface area (Å²) in [6.45, 7) is 3.29. The molecule has 0 aromatic heterocycles. The summed E-state index contributed by atoms with van der Waals surface area (Å²) >= 11 is 5.87. The molecule has 0 saturated heterocycles. The Bertz CT molecular complexity index is 969. The van der Waals surface area contributed by atoms with Gasteiger partial charge < -0.3 is 10.1 Å². The summed E-state index contributed by atoms with van der Waals surface area (Å²) in [4.78, 5) is 23.9. The summed E-state index contributed by atoms with van der Waals surface area (Å²) in [6, 6.07) is 9.24. The van der Waals surface area contributed by atoms with Crippen molar-refractivity contribution in [2.75, 3.05) is 19.0 Å². The first-order valence-electron chi connectivity index (χ1n) is 7.91. The van der Waals surface area contributed by atoms with Gasteiger partial charge in [-0.15, -0.1) is 0 Å². The number of hydrogen-bond donors (Lipinski definition) is 2. The van der Waals surface area contributed by atoms with Gasteiger partial charge in [0, 0.05) is 5.69 Å². The topological polar surface area (TPSA) is 102 Å². The summed E-state index contributed by atoms with van der Waals surface area (Å²) < 4.78 is 30.9. The predicted octanol–water partition coefficient (Wildman–Crippen LogP) is 2.66. The molecule has 7 nitrogen and oxygen atoms in total. The van der Waals surface area contributed by atoms with Crippen LogP contribution in [0.4, 0.5) is 5.69 Å². The first-order chi connectivity index (χ1) is 12.6. The highest BCUT2D eigenvalue weighted by Crippen LogP contribution is 2.22.